The average molecular weight is 318 g/mol. The van der Waals surface area contributed by atoms with E-state index in [0.717, 1.165) is 0 Å². The first kappa shape index (κ1) is 19.6. The third-order valence-electron chi connectivity index (χ3n) is 2.72. The molecule has 0 saturated carbocycles. The summed E-state index contributed by atoms with van der Waals surface area (Å²) in [6.07, 6.45) is -1.25. The predicted octanol–water partition coefficient (Wildman–Crippen LogP) is 0.627. The highest BCUT2D eigenvalue weighted by Gasteiger charge is 2.10. The number of para-hydroxylation sites is 1. The fraction of sp³-hybridized carbons (Fsp3) is 0.462. The first-order valence-corrected chi connectivity index (χ1v) is 8.24. The fourth-order valence-electron chi connectivity index (χ4n) is 1.52. The van der Waals surface area contributed by atoms with E-state index < -0.39 is 13.9 Å². The smallest absolute Gasteiger partial charge is 0.417 e. The lowest BCUT2D eigenvalue weighted by atomic mass is 10.3. The number of carbonyl (C=O) groups is 1. The second-order valence-corrected chi connectivity index (χ2v) is 5.27. The molecule has 0 aliphatic rings. The molecule has 0 aliphatic carbocycles. The highest BCUT2D eigenvalue weighted by Crippen LogP contribution is 2.30. The Labute approximate surface area is 125 Å². The molecule has 0 spiro atoms. The number of hydrogen-bond donors (Lipinski definition) is 3. The molecule has 0 aromatic heterocycles. The van der Waals surface area contributed by atoms with E-state index in [1.54, 1.807) is 23.1 Å². The van der Waals surface area contributed by atoms with Crippen LogP contribution in [0.25, 0.3) is 0 Å². The van der Waals surface area contributed by atoms with E-state index in [9.17, 15) is 14.3 Å². The number of anilines is 1. The van der Waals surface area contributed by atoms with Crippen LogP contribution < -0.4 is 15.1 Å². The molecule has 1 rings (SSSR count). The van der Waals surface area contributed by atoms with Crippen molar-refractivity contribution in [2.24, 2.45) is 0 Å². The molecule has 0 saturated heterocycles. The minimum atomic E-state index is -5.02. The first-order valence-electron chi connectivity index (χ1n) is 6.75. The molecule has 1 atom stereocenters. The molecule has 21 heavy (non-hydrogen) atoms. The van der Waals surface area contributed by atoms with E-state index in [1.165, 1.54) is 31.8 Å². The van der Waals surface area contributed by atoms with E-state index in [2.05, 4.69) is 30.6 Å². The van der Waals surface area contributed by atoms with Gasteiger partial charge in [-0.05, 0) is 32.9 Å². The molecule has 120 valence electrons. The van der Waals surface area contributed by atoms with Gasteiger partial charge in [0.2, 0.25) is 0 Å². The molecule has 8 heteroatoms. The van der Waals surface area contributed by atoms with E-state index in [1.807, 2.05) is 0 Å². The highest BCUT2D eigenvalue weighted by atomic mass is 31.2. The van der Waals surface area contributed by atoms with Crippen molar-refractivity contribution in [3.05, 3.63) is 30.3 Å². The zero-order chi connectivity index (χ0) is 16.3. The van der Waals surface area contributed by atoms with E-state index in [-0.39, 0.29) is 0 Å². The molecule has 7 nitrogen and oxygen atoms in total. The summed E-state index contributed by atoms with van der Waals surface area (Å²) in [5.74, 6) is 0. The van der Waals surface area contributed by atoms with Gasteiger partial charge in [0.1, 0.15) is 0 Å². The Balaban J connectivity index is 0.000000486. The normalized spacial score (nSPS) is 12.9. The van der Waals surface area contributed by atoms with Crippen molar-refractivity contribution in [3.63, 3.8) is 0 Å². The van der Waals surface area contributed by atoms with Crippen LogP contribution in [0.15, 0.2) is 30.3 Å². The summed E-state index contributed by atoms with van der Waals surface area (Å²) in [6, 6.07) is 8.08. The summed E-state index contributed by atoms with van der Waals surface area (Å²) in [5, 5.41) is 2.11. The standard InChI is InChI=1S/C7H8NO5P.C6H15N/c9-7(13-14(10,11)12)8-6-4-2-1-3-5-6;1-4-7(5-2)6-3/h1-5H,(H,8,9)(H2,10,11,12);4-6H2,1-3H3. The van der Waals surface area contributed by atoms with Gasteiger partial charge in [0.25, 0.3) is 0 Å². The number of nitrogens with one attached hydrogen (secondary N) is 2. The molecule has 3 N–H and O–H groups in total. The van der Waals surface area contributed by atoms with Gasteiger partial charge >= 0.3 is 13.9 Å². The lowest BCUT2D eigenvalue weighted by Gasteiger charge is -2.15. The Hall–Kier alpha value is -1.40. The average Bonchev–Trinajstić information content (AvgIpc) is 2.40. The van der Waals surface area contributed by atoms with Crippen LogP contribution in [0.2, 0.25) is 0 Å². The fourth-order valence-corrected chi connectivity index (χ4v) is 1.77. The Morgan fingerprint density at radius 2 is 1.71 bits per heavy atom. The topological polar surface area (TPSA) is 103 Å². The van der Waals surface area contributed by atoms with Crippen LogP contribution >= 0.6 is 7.82 Å². The summed E-state index contributed by atoms with van der Waals surface area (Å²) in [7, 11) is -5.02. The van der Waals surface area contributed by atoms with Crippen LogP contribution in [0.1, 0.15) is 20.8 Å². The summed E-state index contributed by atoms with van der Waals surface area (Å²) in [5.41, 5.74) is 0.367. The monoisotopic (exact) mass is 318 g/mol. The number of phosphoric ester groups is 1. The van der Waals surface area contributed by atoms with Crippen molar-refractivity contribution in [2.45, 2.75) is 20.8 Å². The van der Waals surface area contributed by atoms with Gasteiger partial charge in [-0.25, -0.2) is 4.79 Å². The molecule has 1 aromatic rings. The van der Waals surface area contributed by atoms with Gasteiger partial charge in [0.05, 0.1) is 19.6 Å². The number of benzene rings is 1. The highest BCUT2D eigenvalue weighted by molar-refractivity contribution is 7.45. The maximum atomic E-state index is 10.8. The summed E-state index contributed by atoms with van der Waals surface area (Å²) in [6.45, 7) is 10.5. The largest absolute Gasteiger partial charge is 0.746 e. The van der Waals surface area contributed by atoms with Crippen LogP contribution in [0.3, 0.4) is 0 Å². The van der Waals surface area contributed by atoms with Crippen molar-refractivity contribution in [2.75, 3.05) is 25.0 Å². The Morgan fingerprint density at radius 1 is 1.24 bits per heavy atom. The molecule has 1 aromatic carbocycles. The summed E-state index contributed by atoms with van der Waals surface area (Å²) >= 11 is 0. The lowest BCUT2D eigenvalue weighted by molar-refractivity contribution is -0.894. The van der Waals surface area contributed by atoms with Crippen molar-refractivity contribution in [3.8, 4) is 0 Å². The van der Waals surface area contributed by atoms with Crippen LogP contribution in [-0.4, -0.2) is 30.6 Å². The van der Waals surface area contributed by atoms with Gasteiger partial charge in [-0.2, -0.15) is 0 Å². The van der Waals surface area contributed by atoms with Crippen LogP contribution in [0, 0.1) is 0 Å². The predicted molar refractivity (Wildman–Crippen MR) is 79.0 cm³/mol. The van der Waals surface area contributed by atoms with Crippen molar-refractivity contribution >= 4 is 19.6 Å². The minimum Gasteiger partial charge on any atom is -0.746 e. The summed E-state index contributed by atoms with van der Waals surface area (Å²) < 4.78 is 13.8. The van der Waals surface area contributed by atoms with Gasteiger partial charge < -0.3 is 19.2 Å². The van der Waals surface area contributed by atoms with Gasteiger partial charge in [-0.3, -0.25) is 9.88 Å². The molecule has 0 bridgehead atoms. The van der Waals surface area contributed by atoms with Crippen molar-refractivity contribution in [1.82, 2.24) is 0 Å². The minimum absolute atomic E-state index is 0.367. The third-order valence-corrected chi connectivity index (χ3v) is 3.12. The lowest BCUT2D eigenvalue weighted by Crippen LogP contribution is -3.11. The molecule has 1 amide bonds. The van der Waals surface area contributed by atoms with E-state index >= 15 is 0 Å². The van der Waals surface area contributed by atoms with E-state index in [4.69, 9.17) is 4.89 Å². The quantitative estimate of drug-likeness (QED) is 0.691. The second-order valence-electron chi connectivity index (χ2n) is 4.15. The second kappa shape index (κ2) is 10.3. The maximum Gasteiger partial charge on any atom is 0.417 e. The number of carbonyl (C=O) groups excluding carboxylic acids is 1. The van der Waals surface area contributed by atoms with Crippen molar-refractivity contribution < 1.29 is 28.6 Å². The molecule has 0 heterocycles. The molecular formula is C13H23N2O5P. The molecular weight excluding hydrogens is 295 g/mol. The first-order chi connectivity index (χ1) is 9.82. The molecule has 0 radical (unpaired) electrons. The number of hydrogen-bond acceptors (Lipinski definition) is 4. The summed E-state index contributed by atoms with van der Waals surface area (Å²) in [4.78, 5) is 30.8. The van der Waals surface area contributed by atoms with Gasteiger partial charge in [-0.1, -0.05) is 18.2 Å². The number of phosphoric acid groups is 1. The van der Waals surface area contributed by atoms with Crippen LogP contribution in [0.4, 0.5) is 10.5 Å². The van der Waals surface area contributed by atoms with Gasteiger partial charge in [0, 0.05) is 5.69 Å². The Kier molecular flexibility index (Phi) is 9.65. The van der Waals surface area contributed by atoms with Crippen LogP contribution in [-0.2, 0) is 9.09 Å². The zero-order valence-electron chi connectivity index (χ0n) is 12.5. The third kappa shape index (κ3) is 11.0. The van der Waals surface area contributed by atoms with E-state index in [0.29, 0.717) is 5.69 Å². The Morgan fingerprint density at radius 3 is 2.05 bits per heavy atom. The number of rotatable bonds is 5. The SMILES string of the molecule is CC[NH+](CC)CC.O=C(Nc1ccccc1)OP(=O)([O-])O. The van der Waals surface area contributed by atoms with Gasteiger partial charge in [0.15, 0.2) is 0 Å². The molecule has 1 unspecified atom stereocenters. The number of amides is 1. The Bertz CT molecular complexity index is 440. The molecule has 0 fully saturated rings. The van der Waals surface area contributed by atoms with Crippen LogP contribution in [0.5, 0.6) is 0 Å². The molecule has 0 aliphatic heterocycles. The van der Waals surface area contributed by atoms with Crippen molar-refractivity contribution in [1.29, 1.82) is 0 Å². The maximum absolute atomic E-state index is 10.8. The zero-order valence-corrected chi connectivity index (χ0v) is 13.4. The number of quaternary nitrogens is 1. The van der Waals surface area contributed by atoms with Gasteiger partial charge in [-0.15, -0.1) is 0 Å².